The number of hydrogen-bond donors (Lipinski definition) is 0. The SMILES string of the molecule is Cc1cc(C(F)(F)F)cc(S(=O)(=O)Cl)n1. The number of hydrogen-bond acceptors (Lipinski definition) is 3. The predicted octanol–water partition coefficient (Wildman–Crippen LogP) is 2.34. The molecule has 0 aliphatic heterocycles. The smallest absolute Gasteiger partial charge is 0.240 e. The zero-order chi connectivity index (χ0) is 11.9. The Morgan fingerprint density at radius 1 is 1.33 bits per heavy atom. The van der Waals surface area contributed by atoms with Gasteiger partial charge in [0.25, 0.3) is 9.05 Å². The molecule has 0 bridgehead atoms. The molecule has 0 unspecified atom stereocenters. The van der Waals surface area contributed by atoms with Gasteiger partial charge in [0.05, 0.1) is 5.56 Å². The third-order valence-electron chi connectivity index (χ3n) is 1.51. The Balaban J connectivity index is 3.43. The third-order valence-corrected chi connectivity index (χ3v) is 2.69. The van der Waals surface area contributed by atoms with Gasteiger partial charge < -0.3 is 0 Å². The first-order valence-corrected chi connectivity index (χ1v) is 5.92. The van der Waals surface area contributed by atoms with Gasteiger partial charge in [-0.3, -0.25) is 0 Å². The average molecular weight is 260 g/mol. The Labute approximate surface area is 88.3 Å². The summed E-state index contributed by atoms with van der Waals surface area (Å²) in [6, 6.07) is 1.14. The van der Waals surface area contributed by atoms with Crippen molar-refractivity contribution in [3.63, 3.8) is 0 Å². The maximum absolute atomic E-state index is 12.3. The Morgan fingerprint density at radius 2 is 1.87 bits per heavy atom. The minimum atomic E-state index is -4.62. The number of nitrogens with zero attached hydrogens (tertiary/aromatic N) is 1. The van der Waals surface area contributed by atoms with Crippen molar-refractivity contribution in [3.05, 3.63) is 23.4 Å². The van der Waals surface area contributed by atoms with Crippen LogP contribution < -0.4 is 0 Å². The van der Waals surface area contributed by atoms with Crippen LogP contribution in [-0.4, -0.2) is 13.4 Å². The maximum Gasteiger partial charge on any atom is 0.416 e. The largest absolute Gasteiger partial charge is 0.416 e. The number of aromatic nitrogens is 1. The van der Waals surface area contributed by atoms with E-state index in [0.717, 1.165) is 6.07 Å². The summed E-state index contributed by atoms with van der Waals surface area (Å²) >= 11 is 0. The standard InChI is InChI=1S/C7H5ClF3NO2S/c1-4-2-5(7(9,10)11)3-6(12-4)15(8,13)14/h2-3H,1H3. The van der Waals surface area contributed by atoms with Crippen molar-refractivity contribution in [1.29, 1.82) is 0 Å². The highest BCUT2D eigenvalue weighted by atomic mass is 35.7. The van der Waals surface area contributed by atoms with Gasteiger partial charge in [0, 0.05) is 16.4 Å². The van der Waals surface area contributed by atoms with Crippen LogP contribution in [0, 0.1) is 6.92 Å². The topological polar surface area (TPSA) is 47.0 Å². The molecular formula is C7H5ClF3NO2S. The van der Waals surface area contributed by atoms with Crippen LogP contribution in [0.2, 0.25) is 0 Å². The molecule has 1 aromatic heterocycles. The van der Waals surface area contributed by atoms with Crippen LogP contribution in [0.1, 0.15) is 11.3 Å². The van der Waals surface area contributed by atoms with Crippen LogP contribution >= 0.6 is 10.7 Å². The van der Waals surface area contributed by atoms with Gasteiger partial charge in [-0.2, -0.15) is 13.2 Å². The van der Waals surface area contributed by atoms with Gasteiger partial charge in [-0.15, -0.1) is 0 Å². The van der Waals surface area contributed by atoms with Crippen molar-refractivity contribution in [3.8, 4) is 0 Å². The Kier molecular flexibility index (Phi) is 2.97. The van der Waals surface area contributed by atoms with Crippen molar-refractivity contribution < 1.29 is 21.6 Å². The summed E-state index contributed by atoms with van der Waals surface area (Å²) in [6.45, 7) is 1.25. The van der Waals surface area contributed by atoms with Crippen LogP contribution in [0.25, 0.3) is 0 Å². The van der Waals surface area contributed by atoms with Gasteiger partial charge in [0.2, 0.25) is 0 Å². The minimum absolute atomic E-state index is 0.0657. The summed E-state index contributed by atoms with van der Waals surface area (Å²) in [4.78, 5) is 3.40. The zero-order valence-corrected chi connectivity index (χ0v) is 8.91. The molecule has 0 radical (unpaired) electrons. The number of alkyl halides is 3. The quantitative estimate of drug-likeness (QED) is 0.727. The van der Waals surface area contributed by atoms with E-state index >= 15 is 0 Å². The lowest BCUT2D eigenvalue weighted by Gasteiger charge is -2.08. The molecule has 0 aliphatic carbocycles. The van der Waals surface area contributed by atoms with Crippen molar-refractivity contribution in [2.45, 2.75) is 18.1 Å². The van der Waals surface area contributed by atoms with Crippen molar-refractivity contribution in [2.75, 3.05) is 0 Å². The minimum Gasteiger partial charge on any atom is -0.240 e. The second-order valence-corrected chi connectivity index (χ2v) is 5.28. The summed E-state index contributed by atoms with van der Waals surface area (Å²) in [7, 11) is 0.648. The number of pyridine rings is 1. The zero-order valence-electron chi connectivity index (χ0n) is 7.34. The summed E-state index contributed by atoms with van der Waals surface area (Å²) in [5.74, 6) is 0. The Morgan fingerprint density at radius 3 is 2.27 bits per heavy atom. The van der Waals surface area contributed by atoms with Crippen molar-refractivity contribution in [1.82, 2.24) is 4.98 Å². The predicted molar refractivity (Wildman–Crippen MR) is 47.0 cm³/mol. The van der Waals surface area contributed by atoms with Gasteiger partial charge in [0.1, 0.15) is 0 Å². The molecule has 84 valence electrons. The highest BCUT2D eigenvalue weighted by Crippen LogP contribution is 2.31. The second-order valence-electron chi connectivity index (χ2n) is 2.77. The molecule has 1 rings (SSSR count). The van der Waals surface area contributed by atoms with Gasteiger partial charge in [-0.05, 0) is 19.1 Å². The van der Waals surface area contributed by atoms with Gasteiger partial charge in [-0.1, -0.05) is 0 Å². The van der Waals surface area contributed by atoms with E-state index in [1.165, 1.54) is 6.92 Å². The molecule has 15 heavy (non-hydrogen) atoms. The first-order chi connectivity index (χ1) is 6.60. The Hall–Kier alpha value is -0.820. The van der Waals surface area contributed by atoms with E-state index < -0.39 is 25.8 Å². The average Bonchev–Trinajstić information content (AvgIpc) is 1.99. The molecule has 0 fully saturated rings. The third kappa shape index (κ3) is 3.07. The van der Waals surface area contributed by atoms with Gasteiger partial charge in [0.15, 0.2) is 5.03 Å². The molecule has 0 atom stereocenters. The lowest BCUT2D eigenvalue weighted by Crippen LogP contribution is -2.08. The first kappa shape index (κ1) is 12.3. The van der Waals surface area contributed by atoms with Crippen LogP contribution in [0.3, 0.4) is 0 Å². The lowest BCUT2D eigenvalue weighted by molar-refractivity contribution is -0.137. The van der Waals surface area contributed by atoms with Crippen LogP contribution in [0.5, 0.6) is 0 Å². The molecule has 0 saturated heterocycles. The maximum atomic E-state index is 12.3. The molecule has 0 saturated carbocycles. The van der Waals surface area contributed by atoms with E-state index in [2.05, 4.69) is 4.98 Å². The summed E-state index contributed by atoms with van der Waals surface area (Å²) in [5, 5.41) is -0.795. The van der Waals surface area contributed by atoms with Crippen LogP contribution in [-0.2, 0) is 15.2 Å². The molecule has 1 aromatic rings. The molecule has 3 nitrogen and oxygen atoms in total. The van der Waals surface area contributed by atoms with E-state index in [1.807, 2.05) is 0 Å². The second kappa shape index (κ2) is 3.64. The lowest BCUT2D eigenvalue weighted by atomic mass is 10.2. The summed E-state index contributed by atoms with van der Waals surface area (Å²) in [6.07, 6.45) is -4.62. The highest BCUT2D eigenvalue weighted by molar-refractivity contribution is 8.13. The summed E-state index contributed by atoms with van der Waals surface area (Å²) < 4.78 is 58.4. The van der Waals surface area contributed by atoms with Crippen LogP contribution in [0.15, 0.2) is 17.2 Å². The van der Waals surface area contributed by atoms with E-state index in [9.17, 15) is 21.6 Å². The van der Waals surface area contributed by atoms with E-state index in [-0.39, 0.29) is 5.69 Å². The van der Waals surface area contributed by atoms with E-state index in [1.54, 1.807) is 0 Å². The molecule has 0 aromatic carbocycles. The highest BCUT2D eigenvalue weighted by Gasteiger charge is 2.32. The van der Waals surface area contributed by atoms with Crippen molar-refractivity contribution in [2.24, 2.45) is 0 Å². The fourth-order valence-corrected chi connectivity index (χ4v) is 1.68. The fourth-order valence-electron chi connectivity index (χ4n) is 0.927. The number of aryl methyl sites for hydroxylation is 1. The molecule has 0 spiro atoms. The number of rotatable bonds is 1. The van der Waals surface area contributed by atoms with E-state index in [0.29, 0.717) is 6.07 Å². The molecular weight excluding hydrogens is 255 g/mol. The van der Waals surface area contributed by atoms with E-state index in [4.69, 9.17) is 10.7 Å². The van der Waals surface area contributed by atoms with Crippen LogP contribution in [0.4, 0.5) is 13.2 Å². The Bertz CT molecular complexity index is 483. The molecule has 1 heterocycles. The summed E-state index contributed by atoms with van der Waals surface area (Å²) in [5.41, 5.74) is -1.15. The monoisotopic (exact) mass is 259 g/mol. The fraction of sp³-hybridized carbons (Fsp3) is 0.286. The first-order valence-electron chi connectivity index (χ1n) is 3.61. The van der Waals surface area contributed by atoms with Crippen molar-refractivity contribution >= 4 is 19.7 Å². The normalized spacial score (nSPS) is 12.9. The number of halogens is 4. The molecule has 0 aliphatic rings. The molecule has 0 amide bonds. The molecule has 8 heteroatoms. The van der Waals surface area contributed by atoms with Gasteiger partial charge >= 0.3 is 6.18 Å². The van der Waals surface area contributed by atoms with Gasteiger partial charge in [-0.25, -0.2) is 13.4 Å². The molecule has 0 N–H and O–H groups in total.